The fourth-order valence-electron chi connectivity index (χ4n) is 2.35. The van der Waals surface area contributed by atoms with Crippen LogP contribution in [0.3, 0.4) is 0 Å². The van der Waals surface area contributed by atoms with Crippen LogP contribution in [0.4, 0.5) is 0 Å². The topological polar surface area (TPSA) is 40.5 Å². The van der Waals surface area contributed by atoms with Crippen molar-refractivity contribution in [2.24, 2.45) is 7.05 Å². The molecule has 18 heavy (non-hydrogen) atoms. The molecule has 0 N–H and O–H groups in total. The maximum atomic E-state index is 12.3. The first-order valence-corrected chi connectivity index (χ1v) is 6.05. The monoisotopic (exact) mass is 245 g/mol. The van der Waals surface area contributed by atoms with Gasteiger partial charge in [0.15, 0.2) is 0 Å². The number of hydrogen-bond acceptors (Lipinski definition) is 3. The van der Waals surface area contributed by atoms with E-state index in [9.17, 15) is 4.79 Å². The van der Waals surface area contributed by atoms with Crippen molar-refractivity contribution in [3.63, 3.8) is 0 Å². The van der Waals surface area contributed by atoms with Gasteiger partial charge in [0, 0.05) is 12.6 Å². The van der Waals surface area contributed by atoms with Crippen LogP contribution < -0.4 is 5.56 Å². The summed E-state index contributed by atoms with van der Waals surface area (Å²) in [4.78, 5) is 12.3. The molecule has 0 bridgehead atoms. The minimum Gasteiger partial charge on any atom is -0.376 e. The SMILES string of the molecule is Cn1c(=O)c(C2COCCO2)cc2ccccc21. The quantitative estimate of drug-likeness (QED) is 0.766. The third kappa shape index (κ3) is 1.83. The molecule has 0 radical (unpaired) electrons. The lowest BCUT2D eigenvalue weighted by Crippen LogP contribution is -2.30. The number of benzene rings is 1. The first-order chi connectivity index (χ1) is 8.77. The summed E-state index contributed by atoms with van der Waals surface area (Å²) in [6.07, 6.45) is -0.248. The summed E-state index contributed by atoms with van der Waals surface area (Å²) in [6.45, 7) is 1.60. The van der Waals surface area contributed by atoms with Crippen LogP contribution in [0.1, 0.15) is 11.7 Å². The summed E-state index contributed by atoms with van der Waals surface area (Å²) in [6, 6.07) is 9.76. The van der Waals surface area contributed by atoms with Crippen LogP contribution in [0, 0.1) is 0 Å². The molecule has 1 saturated heterocycles. The van der Waals surface area contributed by atoms with Crippen LogP contribution in [0.2, 0.25) is 0 Å². The van der Waals surface area contributed by atoms with Crippen molar-refractivity contribution in [2.45, 2.75) is 6.10 Å². The Morgan fingerprint density at radius 3 is 2.89 bits per heavy atom. The lowest BCUT2D eigenvalue weighted by molar-refractivity contribution is -0.0907. The Morgan fingerprint density at radius 2 is 2.11 bits per heavy atom. The minimum absolute atomic E-state index is 0.0100. The average molecular weight is 245 g/mol. The normalized spacial score (nSPS) is 20.2. The number of aryl methyl sites for hydroxylation is 1. The molecule has 1 unspecified atom stereocenters. The van der Waals surface area contributed by atoms with E-state index in [1.807, 2.05) is 30.3 Å². The van der Waals surface area contributed by atoms with Gasteiger partial charge in [-0.3, -0.25) is 4.79 Å². The van der Waals surface area contributed by atoms with E-state index >= 15 is 0 Å². The van der Waals surface area contributed by atoms with Gasteiger partial charge in [0.25, 0.3) is 5.56 Å². The number of para-hydroxylation sites is 1. The number of pyridine rings is 1. The van der Waals surface area contributed by atoms with Crippen molar-refractivity contribution >= 4 is 10.9 Å². The zero-order valence-corrected chi connectivity index (χ0v) is 10.3. The molecule has 3 rings (SSSR count). The standard InChI is InChI=1S/C14H15NO3/c1-15-12-5-3-2-4-10(12)8-11(14(15)16)13-9-17-6-7-18-13/h2-5,8,13H,6-7,9H2,1H3. The number of aromatic nitrogens is 1. The first kappa shape index (κ1) is 11.4. The summed E-state index contributed by atoms with van der Waals surface area (Å²) in [7, 11) is 1.79. The highest BCUT2D eigenvalue weighted by atomic mass is 16.6. The predicted octanol–water partition coefficient (Wildman–Crippen LogP) is 1.63. The maximum Gasteiger partial charge on any atom is 0.256 e. The summed E-state index contributed by atoms with van der Waals surface area (Å²) in [5.41, 5.74) is 1.60. The van der Waals surface area contributed by atoms with Gasteiger partial charge in [-0.25, -0.2) is 0 Å². The number of hydrogen-bond donors (Lipinski definition) is 0. The van der Waals surface area contributed by atoms with Gasteiger partial charge in [0.1, 0.15) is 6.10 Å². The van der Waals surface area contributed by atoms with Gasteiger partial charge >= 0.3 is 0 Å². The van der Waals surface area contributed by atoms with Crippen molar-refractivity contribution in [3.8, 4) is 0 Å². The van der Waals surface area contributed by atoms with E-state index in [-0.39, 0.29) is 11.7 Å². The highest BCUT2D eigenvalue weighted by Gasteiger charge is 2.21. The lowest BCUT2D eigenvalue weighted by Gasteiger charge is -2.23. The fourth-order valence-corrected chi connectivity index (χ4v) is 2.35. The Hall–Kier alpha value is -1.65. The highest BCUT2D eigenvalue weighted by Crippen LogP contribution is 2.21. The summed E-state index contributed by atoms with van der Waals surface area (Å²) in [5.74, 6) is 0. The minimum atomic E-state index is -0.248. The third-order valence-electron chi connectivity index (χ3n) is 3.32. The second-order valence-corrected chi connectivity index (χ2v) is 4.46. The van der Waals surface area contributed by atoms with Gasteiger partial charge in [0.2, 0.25) is 0 Å². The molecule has 0 saturated carbocycles. The maximum absolute atomic E-state index is 12.3. The van der Waals surface area contributed by atoms with E-state index in [0.717, 1.165) is 10.9 Å². The van der Waals surface area contributed by atoms with Gasteiger partial charge in [-0.2, -0.15) is 0 Å². The summed E-state index contributed by atoms with van der Waals surface area (Å²) >= 11 is 0. The van der Waals surface area contributed by atoms with Crippen molar-refractivity contribution in [2.75, 3.05) is 19.8 Å². The van der Waals surface area contributed by atoms with Crippen molar-refractivity contribution in [1.82, 2.24) is 4.57 Å². The molecule has 1 aliphatic rings. The van der Waals surface area contributed by atoms with Crippen LogP contribution >= 0.6 is 0 Å². The van der Waals surface area contributed by atoms with E-state index < -0.39 is 0 Å². The van der Waals surface area contributed by atoms with Crippen LogP contribution in [-0.4, -0.2) is 24.4 Å². The second kappa shape index (κ2) is 4.55. The van der Waals surface area contributed by atoms with E-state index in [0.29, 0.717) is 25.4 Å². The van der Waals surface area contributed by atoms with Crippen LogP contribution in [-0.2, 0) is 16.5 Å². The smallest absolute Gasteiger partial charge is 0.256 e. The number of nitrogens with zero attached hydrogens (tertiary/aromatic N) is 1. The molecule has 0 aliphatic carbocycles. The summed E-state index contributed by atoms with van der Waals surface area (Å²) < 4.78 is 12.6. The predicted molar refractivity (Wildman–Crippen MR) is 68.7 cm³/mol. The Kier molecular flexibility index (Phi) is 2.89. The molecule has 1 aromatic carbocycles. The molecule has 1 fully saturated rings. The van der Waals surface area contributed by atoms with E-state index in [2.05, 4.69) is 0 Å². The zero-order valence-electron chi connectivity index (χ0n) is 10.3. The Balaban J connectivity index is 2.17. The van der Waals surface area contributed by atoms with E-state index in [4.69, 9.17) is 9.47 Å². The second-order valence-electron chi connectivity index (χ2n) is 4.46. The molecule has 1 aromatic heterocycles. The lowest BCUT2D eigenvalue weighted by atomic mass is 10.1. The van der Waals surface area contributed by atoms with Crippen molar-refractivity contribution in [3.05, 3.63) is 46.2 Å². The Bertz CT molecular complexity index is 626. The Labute approximate surface area is 105 Å². The van der Waals surface area contributed by atoms with Gasteiger partial charge in [-0.15, -0.1) is 0 Å². The Morgan fingerprint density at radius 1 is 1.28 bits per heavy atom. The molecule has 1 aliphatic heterocycles. The van der Waals surface area contributed by atoms with Crippen LogP contribution in [0.15, 0.2) is 35.1 Å². The molecular weight excluding hydrogens is 230 g/mol. The fraction of sp³-hybridized carbons (Fsp3) is 0.357. The van der Waals surface area contributed by atoms with Gasteiger partial charge in [0.05, 0.1) is 25.3 Å². The highest BCUT2D eigenvalue weighted by molar-refractivity contribution is 5.79. The van der Waals surface area contributed by atoms with Crippen LogP contribution in [0.5, 0.6) is 0 Å². The van der Waals surface area contributed by atoms with E-state index in [1.165, 1.54) is 0 Å². The first-order valence-electron chi connectivity index (χ1n) is 6.05. The zero-order chi connectivity index (χ0) is 12.5. The summed E-state index contributed by atoms with van der Waals surface area (Å²) in [5, 5.41) is 1.05. The molecule has 94 valence electrons. The molecule has 0 amide bonds. The van der Waals surface area contributed by atoms with Crippen molar-refractivity contribution < 1.29 is 9.47 Å². The van der Waals surface area contributed by atoms with Gasteiger partial charge < -0.3 is 14.0 Å². The van der Waals surface area contributed by atoms with Gasteiger partial charge in [-0.05, 0) is 17.5 Å². The molecule has 1 atom stereocenters. The average Bonchev–Trinajstić information content (AvgIpc) is 2.44. The molecule has 2 heterocycles. The largest absolute Gasteiger partial charge is 0.376 e. The third-order valence-corrected chi connectivity index (χ3v) is 3.32. The molecule has 0 spiro atoms. The number of rotatable bonds is 1. The molecule has 2 aromatic rings. The molecule has 4 heteroatoms. The van der Waals surface area contributed by atoms with Crippen molar-refractivity contribution in [1.29, 1.82) is 0 Å². The van der Waals surface area contributed by atoms with Gasteiger partial charge in [-0.1, -0.05) is 18.2 Å². The number of fused-ring (bicyclic) bond motifs is 1. The van der Waals surface area contributed by atoms with E-state index in [1.54, 1.807) is 11.6 Å². The molecule has 4 nitrogen and oxygen atoms in total. The van der Waals surface area contributed by atoms with Crippen LogP contribution in [0.25, 0.3) is 10.9 Å². The number of ether oxygens (including phenoxy) is 2. The molecular formula is C14H15NO3.